The van der Waals surface area contributed by atoms with Gasteiger partial charge in [-0.25, -0.2) is 0 Å². The van der Waals surface area contributed by atoms with Crippen LogP contribution in [0, 0.1) is 11.8 Å². The van der Waals surface area contributed by atoms with Crippen LogP contribution in [0.15, 0.2) is 0 Å². The molecule has 14 heavy (non-hydrogen) atoms. The second-order valence-electron chi connectivity index (χ2n) is 5.07. The molecule has 2 heterocycles. The van der Waals surface area contributed by atoms with Crippen LogP contribution in [0.1, 0.15) is 32.1 Å². The molecule has 0 aromatic rings. The number of hydrogen-bond acceptors (Lipinski definition) is 1. The predicted molar refractivity (Wildman–Crippen MR) is 52.6 cm³/mol. The normalized spacial score (nSPS) is 46.7. The van der Waals surface area contributed by atoms with Crippen LogP contribution in [0.5, 0.6) is 0 Å². The lowest BCUT2D eigenvalue weighted by Crippen LogP contribution is -2.95. The lowest BCUT2D eigenvalue weighted by molar-refractivity contribution is -0.696. The zero-order valence-electron chi connectivity index (χ0n) is 8.54. The second-order valence-corrected chi connectivity index (χ2v) is 5.07. The molecule has 3 N–H and O–H groups in total. The maximum Gasteiger partial charge on any atom is 0.278 e. The van der Waals surface area contributed by atoms with Crippen LogP contribution in [-0.4, -0.2) is 24.5 Å². The monoisotopic (exact) mass is 195 g/mol. The Morgan fingerprint density at radius 1 is 1.14 bits per heavy atom. The largest absolute Gasteiger partial charge is 0.351 e. The maximum atomic E-state index is 11.7. The molecule has 3 heteroatoms. The number of carbonyl (C=O) groups is 1. The van der Waals surface area contributed by atoms with E-state index in [1.807, 2.05) is 0 Å². The highest BCUT2D eigenvalue weighted by Gasteiger charge is 2.51. The van der Waals surface area contributed by atoms with Crippen LogP contribution in [0.4, 0.5) is 0 Å². The van der Waals surface area contributed by atoms with Gasteiger partial charge in [0.25, 0.3) is 5.91 Å². The van der Waals surface area contributed by atoms with E-state index in [0.29, 0.717) is 11.8 Å². The molecule has 0 unspecified atom stereocenters. The van der Waals surface area contributed by atoms with Gasteiger partial charge in [-0.3, -0.25) is 4.79 Å². The van der Waals surface area contributed by atoms with Crippen LogP contribution < -0.4 is 10.6 Å². The van der Waals surface area contributed by atoms with E-state index in [1.165, 1.54) is 32.1 Å². The first-order valence-electron chi connectivity index (χ1n) is 5.99. The fraction of sp³-hybridized carbons (Fsp3) is 0.909. The molecule has 0 aromatic carbocycles. The molecule has 3 rings (SSSR count). The fourth-order valence-corrected chi connectivity index (χ4v) is 3.79. The zero-order chi connectivity index (χ0) is 9.54. The van der Waals surface area contributed by atoms with Crippen molar-refractivity contribution in [2.24, 2.45) is 11.8 Å². The minimum absolute atomic E-state index is 0.261. The molecule has 0 radical (unpaired) electrons. The molecule has 1 aliphatic carbocycles. The van der Waals surface area contributed by atoms with Gasteiger partial charge in [0.15, 0.2) is 6.04 Å². The van der Waals surface area contributed by atoms with Crippen molar-refractivity contribution in [3.05, 3.63) is 0 Å². The Morgan fingerprint density at radius 2 is 2.00 bits per heavy atom. The van der Waals surface area contributed by atoms with Gasteiger partial charge in [0.1, 0.15) is 0 Å². The average Bonchev–Trinajstić information content (AvgIpc) is 2.59. The SMILES string of the molecule is O=C1NCC[C@H]2[C@@H]3CCCC[C@H]3[NH2+][C@@H]12. The van der Waals surface area contributed by atoms with Gasteiger partial charge in [-0.1, -0.05) is 6.42 Å². The van der Waals surface area contributed by atoms with E-state index in [9.17, 15) is 4.79 Å². The van der Waals surface area contributed by atoms with Crippen molar-refractivity contribution in [3.63, 3.8) is 0 Å². The van der Waals surface area contributed by atoms with Gasteiger partial charge in [0.05, 0.1) is 6.04 Å². The molecule has 1 saturated carbocycles. The van der Waals surface area contributed by atoms with Crippen molar-refractivity contribution in [1.29, 1.82) is 0 Å². The van der Waals surface area contributed by atoms with Crippen LogP contribution in [0.25, 0.3) is 0 Å². The summed E-state index contributed by atoms with van der Waals surface area (Å²) in [5.74, 6) is 1.84. The topological polar surface area (TPSA) is 45.7 Å². The highest BCUT2D eigenvalue weighted by Crippen LogP contribution is 2.36. The summed E-state index contributed by atoms with van der Waals surface area (Å²) in [6.45, 7) is 0.914. The Labute approximate surface area is 84.6 Å². The molecule has 2 saturated heterocycles. The molecule has 78 valence electrons. The van der Waals surface area contributed by atoms with E-state index >= 15 is 0 Å². The third kappa shape index (κ3) is 1.18. The summed E-state index contributed by atoms with van der Waals surface area (Å²) in [5, 5.41) is 5.36. The second kappa shape index (κ2) is 3.23. The smallest absolute Gasteiger partial charge is 0.278 e. The molecule has 0 aromatic heterocycles. The number of nitrogens with two attached hydrogens (primary N) is 1. The maximum absolute atomic E-state index is 11.7. The number of fused-ring (bicyclic) bond motifs is 3. The number of carbonyl (C=O) groups excluding carboxylic acids is 1. The Hall–Kier alpha value is -0.570. The molecular formula is C11H19N2O+. The van der Waals surface area contributed by atoms with E-state index in [-0.39, 0.29) is 6.04 Å². The van der Waals surface area contributed by atoms with Crippen LogP contribution >= 0.6 is 0 Å². The Kier molecular flexibility index (Phi) is 2.01. The van der Waals surface area contributed by atoms with Gasteiger partial charge >= 0.3 is 0 Å². The molecule has 3 aliphatic rings. The summed E-state index contributed by atoms with van der Waals surface area (Å²) in [7, 11) is 0. The number of amides is 1. The molecule has 2 aliphatic heterocycles. The highest BCUT2D eigenvalue weighted by molar-refractivity contribution is 5.81. The summed E-state index contributed by atoms with van der Waals surface area (Å²) < 4.78 is 0. The van der Waals surface area contributed by atoms with Gasteiger partial charge in [-0.05, 0) is 25.7 Å². The lowest BCUT2D eigenvalue weighted by Gasteiger charge is -2.27. The van der Waals surface area contributed by atoms with Gasteiger partial charge in [-0.2, -0.15) is 0 Å². The minimum Gasteiger partial charge on any atom is -0.351 e. The van der Waals surface area contributed by atoms with E-state index in [1.54, 1.807) is 0 Å². The molecule has 1 amide bonds. The van der Waals surface area contributed by atoms with Gasteiger partial charge in [-0.15, -0.1) is 0 Å². The summed E-state index contributed by atoms with van der Waals surface area (Å²) in [4.78, 5) is 11.7. The fourth-order valence-electron chi connectivity index (χ4n) is 3.79. The zero-order valence-corrected chi connectivity index (χ0v) is 8.54. The first kappa shape index (κ1) is 8.72. The van der Waals surface area contributed by atoms with Crippen LogP contribution in [-0.2, 0) is 4.79 Å². The Bertz CT molecular complexity index is 254. The third-order valence-electron chi connectivity index (χ3n) is 4.42. The van der Waals surface area contributed by atoms with E-state index in [2.05, 4.69) is 10.6 Å². The van der Waals surface area contributed by atoms with E-state index in [4.69, 9.17) is 0 Å². The number of piperidine rings is 1. The summed E-state index contributed by atoms with van der Waals surface area (Å²) in [5.41, 5.74) is 0. The Balaban J connectivity index is 1.82. The number of nitrogens with one attached hydrogen (secondary N) is 1. The minimum atomic E-state index is 0.261. The van der Waals surface area contributed by atoms with E-state index < -0.39 is 0 Å². The lowest BCUT2D eigenvalue weighted by atomic mass is 9.76. The first-order valence-corrected chi connectivity index (χ1v) is 5.99. The summed E-state index contributed by atoms with van der Waals surface area (Å²) in [6, 6.07) is 1.03. The van der Waals surface area contributed by atoms with Crippen molar-refractivity contribution in [2.75, 3.05) is 6.54 Å². The van der Waals surface area contributed by atoms with Crippen LogP contribution in [0.2, 0.25) is 0 Å². The first-order chi connectivity index (χ1) is 6.86. The van der Waals surface area contributed by atoms with Crippen molar-refractivity contribution < 1.29 is 10.1 Å². The molecule has 0 bridgehead atoms. The standard InChI is InChI=1S/C11H18N2O/c14-11-10-8(5-6-12-11)7-3-1-2-4-9(7)13-10/h7-10,13H,1-6H2,(H,12,14)/p+1/t7-,8-,9+,10+/m0/s1. The van der Waals surface area contributed by atoms with Crippen molar-refractivity contribution in [1.82, 2.24) is 5.32 Å². The number of quaternary nitrogens is 1. The summed E-state index contributed by atoms with van der Waals surface area (Å²) in [6.07, 6.45) is 6.69. The van der Waals surface area contributed by atoms with E-state index in [0.717, 1.165) is 18.5 Å². The third-order valence-corrected chi connectivity index (χ3v) is 4.42. The van der Waals surface area contributed by atoms with Crippen molar-refractivity contribution >= 4 is 5.91 Å². The van der Waals surface area contributed by atoms with Gasteiger partial charge in [0.2, 0.25) is 0 Å². The molecule has 0 spiro atoms. The average molecular weight is 195 g/mol. The predicted octanol–water partition coefficient (Wildman–Crippen LogP) is -0.373. The van der Waals surface area contributed by atoms with Crippen molar-refractivity contribution in [2.45, 2.75) is 44.2 Å². The summed E-state index contributed by atoms with van der Waals surface area (Å²) >= 11 is 0. The highest BCUT2D eigenvalue weighted by atomic mass is 16.2. The molecule has 3 fully saturated rings. The van der Waals surface area contributed by atoms with Crippen LogP contribution in [0.3, 0.4) is 0 Å². The quantitative estimate of drug-likeness (QED) is 0.544. The van der Waals surface area contributed by atoms with Gasteiger partial charge < -0.3 is 10.6 Å². The Morgan fingerprint density at radius 3 is 2.93 bits per heavy atom. The molecule has 4 atom stereocenters. The molecule has 3 nitrogen and oxygen atoms in total. The molecular weight excluding hydrogens is 176 g/mol. The number of rotatable bonds is 0. The van der Waals surface area contributed by atoms with Crippen molar-refractivity contribution in [3.8, 4) is 0 Å². The number of hydrogen-bond donors (Lipinski definition) is 2. The van der Waals surface area contributed by atoms with Gasteiger partial charge in [0, 0.05) is 18.4 Å².